The average Bonchev–Trinajstić information content (AvgIpc) is 2.90. The van der Waals surface area contributed by atoms with Crippen molar-refractivity contribution in [2.24, 2.45) is 0 Å². The van der Waals surface area contributed by atoms with Crippen molar-refractivity contribution in [2.75, 3.05) is 4.31 Å². The van der Waals surface area contributed by atoms with Crippen LogP contribution in [0.15, 0.2) is 59.6 Å². The fourth-order valence-electron chi connectivity index (χ4n) is 2.71. The standard InChI is InChI=1S/C18H14ClN3O3S/c1-12-6-7-14(10-15(12)19)25-18-20-9-8-17(21-18)22-11-13-4-2-3-5-16(13)26(22,23)24/h2-10H,11H2,1H3. The number of ether oxygens (including phenoxy) is 1. The Bertz CT molecular complexity index is 1100. The zero-order chi connectivity index (χ0) is 18.3. The zero-order valence-electron chi connectivity index (χ0n) is 13.8. The van der Waals surface area contributed by atoms with Crippen LogP contribution in [-0.4, -0.2) is 18.4 Å². The summed E-state index contributed by atoms with van der Waals surface area (Å²) in [5.41, 5.74) is 1.66. The summed E-state index contributed by atoms with van der Waals surface area (Å²) in [6, 6.07) is 13.7. The van der Waals surface area contributed by atoms with Crippen LogP contribution in [0.1, 0.15) is 11.1 Å². The molecule has 1 aliphatic heterocycles. The van der Waals surface area contributed by atoms with Crippen LogP contribution in [0.2, 0.25) is 5.02 Å². The maximum atomic E-state index is 12.7. The lowest BCUT2D eigenvalue weighted by Crippen LogP contribution is -2.24. The highest BCUT2D eigenvalue weighted by Crippen LogP contribution is 2.34. The molecule has 0 saturated heterocycles. The number of hydrogen-bond acceptors (Lipinski definition) is 5. The molecule has 0 radical (unpaired) electrons. The molecule has 26 heavy (non-hydrogen) atoms. The molecule has 2 heterocycles. The van der Waals surface area contributed by atoms with E-state index in [-0.39, 0.29) is 18.4 Å². The van der Waals surface area contributed by atoms with E-state index in [0.29, 0.717) is 15.7 Å². The summed E-state index contributed by atoms with van der Waals surface area (Å²) in [4.78, 5) is 8.61. The molecule has 4 rings (SSSR count). The fourth-order valence-corrected chi connectivity index (χ4v) is 4.49. The Morgan fingerprint density at radius 2 is 1.96 bits per heavy atom. The summed E-state index contributed by atoms with van der Waals surface area (Å²) in [5.74, 6) is 0.731. The van der Waals surface area contributed by atoms with Crippen LogP contribution in [0.4, 0.5) is 5.82 Å². The number of halogens is 1. The molecule has 0 aliphatic carbocycles. The minimum absolute atomic E-state index is 0.0496. The minimum atomic E-state index is -3.64. The SMILES string of the molecule is Cc1ccc(Oc2nccc(N3Cc4ccccc4S3(=O)=O)n2)cc1Cl. The van der Waals surface area contributed by atoms with E-state index in [0.717, 1.165) is 11.1 Å². The quantitative estimate of drug-likeness (QED) is 0.680. The Morgan fingerprint density at radius 1 is 1.15 bits per heavy atom. The number of aryl methyl sites for hydroxylation is 1. The Kier molecular flexibility index (Phi) is 4.05. The van der Waals surface area contributed by atoms with Crippen molar-refractivity contribution in [3.05, 3.63) is 70.9 Å². The normalized spacial score (nSPS) is 14.9. The lowest BCUT2D eigenvalue weighted by molar-refractivity contribution is 0.442. The molecule has 1 aromatic heterocycles. The topological polar surface area (TPSA) is 72.4 Å². The first-order valence-corrected chi connectivity index (χ1v) is 9.65. The Hall–Kier alpha value is -2.64. The van der Waals surface area contributed by atoms with Crippen LogP contribution in [0.5, 0.6) is 11.8 Å². The Labute approximate surface area is 156 Å². The van der Waals surface area contributed by atoms with E-state index >= 15 is 0 Å². The first-order chi connectivity index (χ1) is 12.4. The molecule has 6 nitrogen and oxygen atoms in total. The summed E-state index contributed by atoms with van der Waals surface area (Å²) in [7, 11) is -3.64. The number of anilines is 1. The predicted molar refractivity (Wildman–Crippen MR) is 98.1 cm³/mol. The van der Waals surface area contributed by atoms with E-state index < -0.39 is 10.0 Å². The third-order valence-electron chi connectivity index (χ3n) is 4.08. The highest BCUT2D eigenvalue weighted by molar-refractivity contribution is 7.93. The van der Waals surface area contributed by atoms with Crippen molar-refractivity contribution >= 4 is 27.4 Å². The number of nitrogens with zero attached hydrogens (tertiary/aromatic N) is 3. The van der Waals surface area contributed by atoms with E-state index in [2.05, 4.69) is 9.97 Å². The van der Waals surface area contributed by atoms with Crippen LogP contribution in [-0.2, 0) is 16.6 Å². The number of fused-ring (bicyclic) bond motifs is 1. The van der Waals surface area contributed by atoms with Crippen LogP contribution in [0.3, 0.4) is 0 Å². The van der Waals surface area contributed by atoms with Crippen molar-refractivity contribution in [3.63, 3.8) is 0 Å². The fraction of sp³-hybridized carbons (Fsp3) is 0.111. The van der Waals surface area contributed by atoms with Gasteiger partial charge in [0.15, 0.2) is 0 Å². The molecular weight excluding hydrogens is 374 g/mol. The summed E-state index contributed by atoms with van der Waals surface area (Å²) in [5, 5.41) is 0.566. The van der Waals surface area contributed by atoms with Crippen molar-refractivity contribution in [1.82, 2.24) is 9.97 Å². The minimum Gasteiger partial charge on any atom is -0.424 e. The molecule has 132 valence electrons. The van der Waals surface area contributed by atoms with Gasteiger partial charge in [0.25, 0.3) is 10.0 Å². The van der Waals surface area contributed by atoms with E-state index in [1.807, 2.05) is 19.1 Å². The first kappa shape index (κ1) is 16.8. The van der Waals surface area contributed by atoms with Crippen molar-refractivity contribution in [3.8, 4) is 11.8 Å². The number of sulfonamides is 1. The van der Waals surface area contributed by atoms with Crippen molar-refractivity contribution < 1.29 is 13.2 Å². The molecule has 3 aromatic rings. The molecule has 1 aliphatic rings. The van der Waals surface area contributed by atoms with Crippen LogP contribution >= 0.6 is 11.6 Å². The predicted octanol–water partition coefficient (Wildman–Crippen LogP) is 3.94. The van der Waals surface area contributed by atoms with Gasteiger partial charge in [0.1, 0.15) is 11.6 Å². The zero-order valence-corrected chi connectivity index (χ0v) is 15.3. The number of hydrogen-bond donors (Lipinski definition) is 0. The van der Waals surface area contributed by atoms with Crippen molar-refractivity contribution in [2.45, 2.75) is 18.4 Å². The van der Waals surface area contributed by atoms with E-state index in [1.165, 1.54) is 10.5 Å². The van der Waals surface area contributed by atoms with Gasteiger partial charge in [-0.2, -0.15) is 4.98 Å². The molecule has 8 heteroatoms. The van der Waals surface area contributed by atoms with Gasteiger partial charge < -0.3 is 4.74 Å². The van der Waals surface area contributed by atoms with E-state index in [4.69, 9.17) is 16.3 Å². The van der Waals surface area contributed by atoms with Crippen LogP contribution in [0.25, 0.3) is 0 Å². The van der Waals surface area contributed by atoms with Gasteiger partial charge in [-0.1, -0.05) is 35.9 Å². The number of aromatic nitrogens is 2. The second-order valence-electron chi connectivity index (χ2n) is 5.83. The largest absolute Gasteiger partial charge is 0.424 e. The molecule has 0 N–H and O–H groups in total. The molecule has 2 aromatic carbocycles. The molecule has 0 fully saturated rings. The van der Waals surface area contributed by atoms with Gasteiger partial charge in [0, 0.05) is 17.3 Å². The number of benzene rings is 2. The molecule has 0 saturated carbocycles. The first-order valence-electron chi connectivity index (χ1n) is 7.83. The van der Waals surface area contributed by atoms with Crippen LogP contribution < -0.4 is 9.04 Å². The van der Waals surface area contributed by atoms with Gasteiger partial charge >= 0.3 is 6.01 Å². The molecule has 0 spiro atoms. The molecule has 0 atom stereocenters. The van der Waals surface area contributed by atoms with E-state index in [9.17, 15) is 8.42 Å². The highest BCUT2D eigenvalue weighted by atomic mass is 35.5. The molecule has 0 unspecified atom stereocenters. The lowest BCUT2D eigenvalue weighted by atomic mass is 10.2. The summed E-state index contributed by atoms with van der Waals surface area (Å²) < 4.78 is 32.4. The van der Waals surface area contributed by atoms with Gasteiger partial charge in [-0.15, -0.1) is 0 Å². The third-order valence-corrected chi connectivity index (χ3v) is 6.34. The molecule has 0 bridgehead atoms. The van der Waals surface area contributed by atoms with Gasteiger partial charge in [-0.3, -0.25) is 0 Å². The Balaban J connectivity index is 1.66. The summed E-state index contributed by atoms with van der Waals surface area (Å²) in [6.07, 6.45) is 1.46. The second-order valence-corrected chi connectivity index (χ2v) is 8.07. The smallest absolute Gasteiger partial charge is 0.323 e. The maximum absolute atomic E-state index is 12.7. The molecular formula is C18H14ClN3O3S. The average molecular weight is 388 g/mol. The lowest BCUT2D eigenvalue weighted by Gasteiger charge is -2.16. The Morgan fingerprint density at radius 3 is 2.73 bits per heavy atom. The van der Waals surface area contributed by atoms with E-state index in [1.54, 1.807) is 36.4 Å². The number of rotatable bonds is 3. The monoisotopic (exact) mass is 387 g/mol. The maximum Gasteiger partial charge on any atom is 0.323 e. The van der Waals surface area contributed by atoms with Gasteiger partial charge in [-0.25, -0.2) is 17.7 Å². The van der Waals surface area contributed by atoms with Gasteiger partial charge in [-0.05, 0) is 36.2 Å². The third kappa shape index (κ3) is 2.89. The van der Waals surface area contributed by atoms with Gasteiger partial charge in [0.05, 0.1) is 11.4 Å². The highest BCUT2D eigenvalue weighted by Gasteiger charge is 2.35. The second kappa shape index (κ2) is 6.26. The van der Waals surface area contributed by atoms with Crippen LogP contribution in [0, 0.1) is 6.92 Å². The molecule has 0 amide bonds. The summed E-state index contributed by atoms with van der Waals surface area (Å²) >= 11 is 6.10. The van der Waals surface area contributed by atoms with Gasteiger partial charge in [0.2, 0.25) is 0 Å². The van der Waals surface area contributed by atoms with Crippen molar-refractivity contribution in [1.29, 1.82) is 0 Å². The summed E-state index contributed by atoms with van der Waals surface area (Å²) in [6.45, 7) is 2.12.